The number of aromatic nitrogens is 1. The van der Waals surface area contributed by atoms with Crippen molar-refractivity contribution >= 4 is 5.97 Å². The highest BCUT2D eigenvalue weighted by atomic mass is 16.4. The largest absolute Gasteiger partial charge is 0.481 e. The Bertz CT molecular complexity index is 254. The maximum absolute atomic E-state index is 10.2. The number of carboxylic acid groups (broad SMARTS) is 1. The van der Waals surface area contributed by atoms with Crippen molar-refractivity contribution in [3.63, 3.8) is 0 Å². The van der Waals surface area contributed by atoms with Gasteiger partial charge in [-0.15, -0.1) is 0 Å². The van der Waals surface area contributed by atoms with Crippen molar-refractivity contribution in [1.82, 2.24) is 4.98 Å². The molecule has 0 saturated heterocycles. The van der Waals surface area contributed by atoms with Crippen LogP contribution >= 0.6 is 0 Å². The second kappa shape index (κ2) is 6.17. The summed E-state index contributed by atoms with van der Waals surface area (Å²) < 4.78 is 0. The fourth-order valence-electron chi connectivity index (χ4n) is 0.778. The Morgan fingerprint density at radius 2 is 2.08 bits per heavy atom. The molecule has 0 saturated carbocycles. The van der Waals surface area contributed by atoms with Gasteiger partial charge in [-0.1, -0.05) is 19.9 Å². The van der Waals surface area contributed by atoms with Crippen molar-refractivity contribution < 1.29 is 9.90 Å². The molecule has 1 N–H and O–H groups in total. The molecule has 0 spiro atoms. The van der Waals surface area contributed by atoms with E-state index in [9.17, 15) is 4.79 Å². The molecule has 0 fully saturated rings. The summed E-state index contributed by atoms with van der Waals surface area (Å²) in [7, 11) is 0. The first-order chi connectivity index (χ1) is 6.18. The molecular formula is C10H15NO2. The molecule has 0 radical (unpaired) electrons. The minimum atomic E-state index is -0.823. The van der Waals surface area contributed by atoms with Crippen molar-refractivity contribution in [2.24, 2.45) is 0 Å². The Balaban J connectivity index is 0.000000671. The van der Waals surface area contributed by atoms with E-state index in [1.165, 1.54) is 0 Å². The molecule has 1 aromatic rings. The first-order valence-corrected chi connectivity index (χ1v) is 4.32. The number of rotatable bonds is 2. The predicted octanol–water partition coefficient (Wildman–Crippen LogP) is 2.04. The molecule has 1 aromatic heterocycles. The minimum absolute atomic E-state index is 0.0489. The van der Waals surface area contributed by atoms with Crippen LogP contribution in [0.5, 0.6) is 0 Å². The number of hydrogen-bond donors (Lipinski definition) is 1. The lowest BCUT2D eigenvalue weighted by molar-refractivity contribution is -0.136. The van der Waals surface area contributed by atoms with Crippen LogP contribution in [0.25, 0.3) is 0 Å². The van der Waals surface area contributed by atoms with Crippen LogP contribution in [0.3, 0.4) is 0 Å². The van der Waals surface area contributed by atoms with Crippen molar-refractivity contribution in [2.75, 3.05) is 0 Å². The van der Waals surface area contributed by atoms with E-state index in [1.807, 2.05) is 20.8 Å². The van der Waals surface area contributed by atoms with Crippen LogP contribution < -0.4 is 0 Å². The molecule has 0 amide bonds. The van der Waals surface area contributed by atoms with Gasteiger partial charge in [-0.05, 0) is 18.6 Å². The monoisotopic (exact) mass is 181 g/mol. The highest BCUT2D eigenvalue weighted by Gasteiger charge is 1.98. The number of carboxylic acids is 1. The van der Waals surface area contributed by atoms with Crippen molar-refractivity contribution in [2.45, 2.75) is 27.2 Å². The molecule has 0 atom stereocenters. The molecule has 0 aliphatic carbocycles. The molecule has 0 aliphatic heterocycles. The minimum Gasteiger partial charge on any atom is -0.481 e. The number of pyridine rings is 1. The van der Waals surface area contributed by atoms with Gasteiger partial charge in [0.1, 0.15) is 0 Å². The second-order valence-corrected chi connectivity index (χ2v) is 2.38. The van der Waals surface area contributed by atoms with Crippen LogP contribution in [-0.4, -0.2) is 16.1 Å². The first kappa shape index (κ1) is 11.6. The van der Waals surface area contributed by atoms with Crippen LogP contribution in [-0.2, 0) is 11.2 Å². The number of hydrogen-bond acceptors (Lipinski definition) is 2. The molecule has 0 bridgehead atoms. The highest BCUT2D eigenvalue weighted by Crippen LogP contribution is 1.99. The average molecular weight is 181 g/mol. The molecule has 72 valence electrons. The van der Waals surface area contributed by atoms with Gasteiger partial charge in [0.25, 0.3) is 0 Å². The summed E-state index contributed by atoms with van der Waals surface area (Å²) in [6.07, 6.45) is 1.64. The first-order valence-electron chi connectivity index (χ1n) is 4.32. The van der Waals surface area contributed by atoms with Crippen LogP contribution in [0.4, 0.5) is 0 Å². The van der Waals surface area contributed by atoms with Crippen molar-refractivity contribution in [3.05, 3.63) is 29.6 Å². The summed E-state index contributed by atoms with van der Waals surface area (Å²) in [5, 5.41) is 8.41. The maximum Gasteiger partial charge on any atom is 0.307 e. The maximum atomic E-state index is 10.2. The van der Waals surface area contributed by atoms with E-state index in [0.717, 1.165) is 11.3 Å². The number of aryl methyl sites for hydroxylation is 1. The molecule has 0 aliphatic rings. The average Bonchev–Trinajstić information content (AvgIpc) is 2.12. The summed E-state index contributed by atoms with van der Waals surface area (Å²) >= 11 is 0. The van der Waals surface area contributed by atoms with Gasteiger partial charge in [0.15, 0.2) is 0 Å². The fourth-order valence-corrected chi connectivity index (χ4v) is 0.778. The van der Waals surface area contributed by atoms with E-state index >= 15 is 0 Å². The molecule has 13 heavy (non-hydrogen) atoms. The normalized spacial score (nSPS) is 8.54. The Hall–Kier alpha value is -1.38. The lowest BCUT2D eigenvalue weighted by Crippen LogP contribution is -2.00. The molecule has 0 unspecified atom stereocenters. The molecule has 3 nitrogen and oxygen atoms in total. The Morgan fingerprint density at radius 1 is 1.46 bits per heavy atom. The van der Waals surface area contributed by atoms with Gasteiger partial charge in [0, 0.05) is 11.9 Å². The van der Waals surface area contributed by atoms with Gasteiger partial charge in [-0.3, -0.25) is 9.78 Å². The topological polar surface area (TPSA) is 50.2 Å². The van der Waals surface area contributed by atoms with Crippen LogP contribution in [0.1, 0.15) is 25.1 Å². The van der Waals surface area contributed by atoms with Crippen molar-refractivity contribution in [3.8, 4) is 0 Å². The molecular weight excluding hydrogens is 166 g/mol. The number of aliphatic carboxylic acids is 1. The Kier molecular flexibility index (Phi) is 5.52. The van der Waals surface area contributed by atoms with Gasteiger partial charge in [-0.2, -0.15) is 0 Å². The zero-order valence-corrected chi connectivity index (χ0v) is 8.24. The quantitative estimate of drug-likeness (QED) is 0.759. The summed E-state index contributed by atoms with van der Waals surface area (Å²) in [4.78, 5) is 14.2. The molecule has 1 heterocycles. The van der Waals surface area contributed by atoms with Gasteiger partial charge in [0.2, 0.25) is 0 Å². The third-order valence-electron chi connectivity index (χ3n) is 1.33. The third-order valence-corrected chi connectivity index (χ3v) is 1.33. The van der Waals surface area contributed by atoms with Gasteiger partial charge in [0.05, 0.1) is 6.42 Å². The van der Waals surface area contributed by atoms with Crippen molar-refractivity contribution in [1.29, 1.82) is 0 Å². The number of carbonyl (C=O) groups is 1. The van der Waals surface area contributed by atoms with E-state index in [4.69, 9.17) is 5.11 Å². The van der Waals surface area contributed by atoms with E-state index in [1.54, 1.807) is 18.3 Å². The molecule has 1 rings (SSSR count). The summed E-state index contributed by atoms with van der Waals surface area (Å²) in [5.41, 5.74) is 1.64. The van der Waals surface area contributed by atoms with Crippen LogP contribution in [0.2, 0.25) is 0 Å². The van der Waals surface area contributed by atoms with Gasteiger partial charge >= 0.3 is 5.97 Å². The zero-order chi connectivity index (χ0) is 10.3. The lowest BCUT2D eigenvalue weighted by Gasteiger charge is -1.95. The standard InChI is InChI=1S/C8H9NO2.C2H6/c1-6-2-3-7(5-9-6)4-8(10)11;1-2/h2-3,5H,4H2,1H3,(H,10,11);1-2H3. The van der Waals surface area contributed by atoms with E-state index in [-0.39, 0.29) is 6.42 Å². The van der Waals surface area contributed by atoms with E-state index in [0.29, 0.717) is 0 Å². The third kappa shape index (κ3) is 4.95. The summed E-state index contributed by atoms with van der Waals surface area (Å²) in [5.74, 6) is -0.823. The fraction of sp³-hybridized carbons (Fsp3) is 0.400. The molecule has 0 aromatic carbocycles. The van der Waals surface area contributed by atoms with Gasteiger partial charge < -0.3 is 5.11 Å². The van der Waals surface area contributed by atoms with Gasteiger partial charge in [-0.25, -0.2) is 0 Å². The molecule has 3 heteroatoms. The predicted molar refractivity (Wildman–Crippen MR) is 51.7 cm³/mol. The van der Waals surface area contributed by atoms with Crippen LogP contribution in [0, 0.1) is 6.92 Å². The van der Waals surface area contributed by atoms with E-state index in [2.05, 4.69) is 4.98 Å². The Labute approximate surface area is 78.4 Å². The summed E-state index contributed by atoms with van der Waals surface area (Å²) in [6.45, 7) is 5.87. The van der Waals surface area contributed by atoms with Crippen LogP contribution in [0.15, 0.2) is 18.3 Å². The highest BCUT2D eigenvalue weighted by molar-refractivity contribution is 5.69. The zero-order valence-electron chi connectivity index (χ0n) is 8.24. The SMILES string of the molecule is CC.Cc1ccc(CC(=O)O)cn1. The number of nitrogens with zero attached hydrogens (tertiary/aromatic N) is 1. The van der Waals surface area contributed by atoms with E-state index < -0.39 is 5.97 Å². The summed E-state index contributed by atoms with van der Waals surface area (Å²) in [6, 6.07) is 3.58. The second-order valence-electron chi connectivity index (χ2n) is 2.38. The Morgan fingerprint density at radius 3 is 2.46 bits per heavy atom. The smallest absolute Gasteiger partial charge is 0.307 e. The lowest BCUT2D eigenvalue weighted by atomic mass is 10.2.